The molecule has 3 heterocycles. The molecule has 4 atom stereocenters. The van der Waals surface area contributed by atoms with Crippen LogP contribution >= 0.6 is 0 Å². The lowest BCUT2D eigenvalue weighted by atomic mass is 10.0. The van der Waals surface area contributed by atoms with Gasteiger partial charge in [0.25, 0.3) is 0 Å². The second kappa shape index (κ2) is 10.3. The molecule has 0 saturated carbocycles. The Bertz CT molecular complexity index is 1380. The van der Waals surface area contributed by atoms with Gasteiger partial charge in [0, 0.05) is 6.54 Å². The molecule has 2 aromatic carbocycles. The highest BCUT2D eigenvalue weighted by molar-refractivity contribution is 5.84. The van der Waals surface area contributed by atoms with Crippen molar-refractivity contribution in [2.75, 3.05) is 17.7 Å². The van der Waals surface area contributed by atoms with E-state index in [-0.39, 0.29) is 11.9 Å². The van der Waals surface area contributed by atoms with E-state index in [2.05, 4.69) is 20.3 Å². The first-order valence-corrected chi connectivity index (χ1v) is 12.1. The second-order valence-electron chi connectivity index (χ2n) is 9.21. The van der Waals surface area contributed by atoms with E-state index in [0.717, 1.165) is 22.4 Å². The molecule has 6 N–H and O–H groups in total. The average Bonchev–Trinajstić information content (AvgIpc) is 3.40. The maximum atomic E-state index is 10.6. The SMILES string of the molecule is CC(C)Oc1cccc(-c2ccc(CNc3nc4c(N)ncnc4n3[C@@H]3O[C@H](CO)[C@@H](O)[C@H]3O)cc2)c1. The highest BCUT2D eigenvalue weighted by atomic mass is 16.6. The van der Waals surface area contributed by atoms with Crippen molar-refractivity contribution < 1.29 is 24.8 Å². The molecule has 0 unspecified atom stereocenters. The Labute approximate surface area is 213 Å². The quantitative estimate of drug-likeness (QED) is 0.239. The number of nitrogens with two attached hydrogens (primary N) is 1. The van der Waals surface area contributed by atoms with Gasteiger partial charge in [0.05, 0.1) is 12.7 Å². The summed E-state index contributed by atoms with van der Waals surface area (Å²) < 4.78 is 13.1. The molecule has 11 heteroatoms. The summed E-state index contributed by atoms with van der Waals surface area (Å²) in [5.74, 6) is 1.33. The zero-order valence-electron chi connectivity index (χ0n) is 20.5. The number of aliphatic hydroxyl groups is 3. The van der Waals surface area contributed by atoms with Crippen molar-refractivity contribution >= 4 is 22.9 Å². The van der Waals surface area contributed by atoms with Crippen LogP contribution in [0.1, 0.15) is 25.6 Å². The minimum absolute atomic E-state index is 0.0998. The van der Waals surface area contributed by atoms with Crippen LogP contribution in [0, 0.1) is 0 Å². The summed E-state index contributed by atoms with van der Waals surface area (Å²) in [5.41, 5.74) is 9.78. The van der Waals surface area contributed by atoms with E-state index in [1.165, 1.54) is 10.9 Å². The van der Waals surface area contributed by atoms with Gasteiger partial charge < -0.3 is 35.8 Å². The average molecular weight is 507 g/mol. The van der Waals surface area contributed by atoms with Gasteiger partial charge in [-0.05, 0) is 42.7 Å². The van der Waals surface area contributed by atoms with E-state index < -0.39 is 31.1 Å². The maximum Gasteiger partial charge on any atom is 0.207 e. The predicted molar refractivity (Wildman–Crippen MR) is 138 cm³/mol. The highest BCUT2D eigenvalue weighted by Gasteiger charge is 2.45. The number of nitrogens with one attached hydrogen (secondary N) is 1. The first-order valence-electron chi connectivity index (χ1n) is 12.1. The summed E-state index contributed by atoms with van der Waals surface area (Å²) in [7, 11) is 0. The third kappa shape index (κ3) is 4.94. The van der Waals surface area contributed by atoms with Crippen molar-refractivity contribution in [2.24, 2.45) is 0 Å². The number of aromatic nitrogens is 4. The Balaban J connectivity index is 1.39. The fourth-order valence-corrected chi connectivity index (χ4v) is 4.40. The molecule has 1 aliphatic rings. The Hall–Kier alpha value is -3.77. The van der Waals surface area contributed by atoms with Crippen LogP contribution < -0.4 is 15.8 Å². The van der Waals surface area contributed by atoms with E-state index >= 15 is 0 Å². The van der Waals surface area contributed by atoms with Crippen LogP contribution in [0.3, 0.4) is 0 Å². The standard InChI is InChI=1S/C26H30N6O5/c1-14(2)36-18-5-3-4-17(10-18)16-8-6-15(7-9-16)11-28-26-31-20-23(27)29-13-30-24(20)32(26)25-22(35)21(34)19(12-33)37-25/h3-10,13-14,19,21-22,25,33-35H,11-12H2,1-2H3,(H,28,31)(H2,27,29,30)/t19-,21-,22-,25-/m1/s1. The number of benzene rings is 2. The molecule has 1 saturated heterocycles. The summed E-state index contributed by atoms with van der Waals surface area (Å²) in [5, 5.41) is 33.7. The van der Waals surface area contributed by atoms with Crippen LogP contribution in [-0.4, -0.2) is 65.9 Å². The summed E-state index contributed by atoms with van der Waals surface area (Å²) in [6.07, 6.45) is -3.15. The van der Waals surface area contributed by atoms with E-state index in [9.17, 15) is 15.3 Å². The van der Waals surface area contributed by atoms with Crippen LogP contribution in [0.15, 0.2) is 54.9 Å². The van der Waals surface area contributed by atoms with E-state index in [1.807, 2.05) is 62.4 Å². The van der Waals surface area contributed by atoms with Crippen LogP contribution in [0.5, 0.6) is 5.75 Å². The molecule has 5 rings (SSSR count). The third-order valence-corrected chi connectivity index (χ3v) is 6.22. The van der Waals surface area contributed by atoms with Crippen molar-refractivity contribution in [1.29, 1.82) is 0 Å². The minimum Gasteiger partial charge on any atom is -0.491 e. The fourth-order valence-electron chi connectivity index (χ4n) is 4.40. The van der Waals surface area contributed by atoms with Gasteiger partial charge in [0.15, 0.2) is 23.2 Å². The Morgan fingerprint density at radius 2 is 1.86 bits per heavy atom. The molecular formula is C26H30N6O5. The molecule has 0 bridgehead atoms. The number of nitrogens with zero attached hydrogens (tertiary/aromatic N) is 4. The molecule has 0 aliphatic carbocycles. The van der Waals surface area contributed by atoms with Crippen molar-refractivity contribution in [3.8, 4) is 16.9 Å². The minimum atomic E-state index is -1.30. The van der Waals surface area contributed by atoms with E-state index in [4.69, 9.17) is 15.2 Å². The zero-order chi connectivity index (χ0) is 26.1. The zero-order valence-corrected chi connectivity index (χ0v) is 20.5. The van der Waals surface area contributed by atoms with Gasteiger partial charge in [-0.2, -0.15) is 0 Å². The number of ether oxygens (including phenoxy) is 2. The molecule has 11 nitrogen and oxygen atoms in total. The topological polar surface area (TPSA) is 161 Å². The molecule has 37 heavy (non-hydrogen) atoms. The Morgan fingerprint density at radius 3 is 2.57 bits per heavy atom. The van der Waals surface area contributed by atoms with Crippen molar-refractivity contribution in [3.63, 3.8) is 0 Å². The summed E-state index contributed by atoms with van der Waals surface area (Å²) in [6, 6.07) is 16.0. The van der Waals surface area contributed by atoms with Gasteiger partial charge in [0.2, 0.25) is 5.95 Å². The summed E-state index contributed by atoms with van der Waals surface area (Å²) in [4.78, 5) is 12.8. The number of hydrogen-bond donors (Lipinski definition) is 5. The predicted octanol–water partition coefficient (Wildman–Crippen LogP) is 2.09. The number of anilines is 2. The van der Waals surface area contributed by atoms with Crippen LogP contribution in [0.25, 0.3) is 22.3 Å². The molecule has 1 fully saturated rings. The van der Waals surface area contributed by atoms with Gasteiger partial charge in [-0.1, -0.05) is 36.4 Å². The first kappa shape index (κ1) is 24.9. The molecule has 1 aliphatic heterocycles. The molecular weight excluding hydrogens is 476 g/mol. The molecule has 2 aromatic heterocycles. The van der Waals surface area contributed by atoms with E-state index in [0.29, 0.717) is 23.7 Å². The lowest BCUT2D eigenvalue weighted by Gasteiger charge is -2.19. The number of aliphatic hydroxyl groups excluding tert-OH is 3. The smallest absolute Gasteiger partial charge is 0.207 e. The van der Waals surface area contributed by atoms with Crippen molar-refractivity contribution in [3.05, 3.63) is 60.4 Å². The van der Waals surface area contributed by atoms with Gasteiger partial charge >= 0.3 is 0 Å². The van der Waals surface area contributed by atoms with Gasteiger partial charge in [-0.3, -0.25) is 4.57 Å². The van der Waals surface area contributed by atoms with Gasteiger partial charge in [-0.15, -0.1) is 0 Å². The number of nitrogen functional groups attached to an aromatic ring is 1. The third-order valence-electron chi connectivity index (χ3n) is 6.22. The van der Waals surface area contributed by atoms with E-state index in [1.54, 1.807) is 0 Å². The maximum absolute atomic E-state index is 10.6. The molecule has 0 radical (unpaired) electrons. The fraction of sp³-hybridized carbons (Fsp3) is 0.346. The second-order valence-corrected chi connectivity index (χ2v) is 9.21. The van der Waals surface area contributed by atoms with Gasteiger partial charge in [-0.25, -0.2) is 15.0 Å². The monoisotopic (exact) mass is 506 g/mol. The molecule has 0 amide bonds. The number of fused-ring (bicyclic) bond motifs is 1. The largest absolute Gasteiger partial charge is 0.491 e. The molecule has 4 aromatic rings. The number of rotatable bonds is 8. The number of imidazole rings is 1. The lowest BCUT2D eigenvalue weighted by Crippen LogP contribution is -2.33. The van der Waals surface area contributed by atoms with Crippen molar-refractivity contribution in [1.82, 2.24) is 19.5 Å². The lowest BCUT2D eigenvalue weighted by molar-refractivity contribution is -0.0501. The first-order chi connectivity index (χ1) is 17.9. The Kier molecular flexibility index (Phi) is 6.94. The summed E-state index contributed by atoms with van der Waals surface area (Å²) in [6.45, 7) is 3.95. The summed E-state index contributed by atoms with van der Waals surface area (Å²) >= 11 is 0. The van der Waals surface area contributed by atoms with Crippen LogP contribution in [0.2, 0.25) is 0 Å². The molecule has 0 spiro atoms. The van der Waals surface area contributed by atoms with Crippen LogP contribution in [-0.2, 0) is 11.3 Å². The van der Waals surface area contributed by atoms with Crippen molar-refractivity contribution in [2.45, 2.75) is 51.0 Å². The Morgan fingerprint density at radius 1 is 1.08 bits per heavy atom. The molecule has 194 valence electrons. The number of hydrogen-bond acceptors (Lipinski definition) is 10. The van der Waals surface area contributed by atoms with Crippen LogP contribution in [0.4, 0.5) is 11.8 Å². The van der Waals surface area contributed by atoms with Gasteiger partial charge in [0.1, 0.15) is 30.4 Å². The highest BCUT2D eigenvalue weighted by Crippen LogP contribution is 2.35. The normalized spacial score (nSPS) is 21.6.